The van der Waals surface area contributed by atoms with Crippen molar-refractivity contribution < 1.29 is 36.6 Å². The van der Waals surface area contributed by atoms with Crippen molar-refractivity contribution in [2.75, 3.05) is 13.2 Å². The van der Waals surface area contributed by atoms with Crippen LogP contribution in [0.25, 0.3) is 0 Å². The number of ether oxygens (including phenoxy) is 2. The zero-order chi connectivity index (χ0) is 18.3. The summed E-state index contributed by atoms with van der Waals surface area (Å²) in [6, 6.07) is 0. The van der Waals surface area contributed by atoms with Gasteiger partial charge in [-0.15, -0.1) is 0 Å². The van der Waals surface area contributed by atoms with Gasteiger partial charge in [-0.05, 0) is 12.8 Å². The van der Waals surface area contributed by atoms with Gasteiger partial charge in [0, 0.05) is 0 Å². The van der Waals surface area contributed by atoms with Crippen molar-refractivity contribution in [1.29, 1.82) is 0 Å². The number of halogens is 4. The molecule has 0 atom stereocenters. The predicted molar refractivity (Wildman–Crippen MR) is 76.7 cm³/mol. The van der Waals surface area contributed by atoms with E-state index in [1.165, 1.54) is 0 Å². The molecule has 0 unspecified atom stereocenters. The number of benzene rings is 1. The van der Waals surface area contributed by atoms with Crippen LogP contribution in [0.5, 0.6) is 0 Å². The molecule has 4 nitrogen and oxygen atoms in total. The Hall–Kier alpha value is -2.12. The second kappa shape index (κ2) is 9.24. The van der Waals surface area contributed by atoms with E-state index in [0.717, 1.165) is 0 Å². The second-order valence-corrected chi connectivity index (χ2v) is 4.98. The third-order valence-corrected chi connectivity index (χ3v) is 3.13. The lowest BCUT2D eigenvalue weighted by atomic mass is 10.1. The van der Waals surface area contributed by atoms with E-state index < -0.39 is 46.3 Å². The number of hydrogen-bond acceptors (Lipinski definition) is 4. The fourth-order valence-electron chi connectivity index (χ4n) is 1.75. The average Bonchev–Trinajstić information content (AvgIpc) is 2.54. The Balaban J connectivity index is 3.16. The van der Waals surface area contributed by atoms with E-state index in [2.05, 4.69) is 9.47 Å². The summed E-state index contributed by atoms with van der Waals surface area (Å²) in [7, 11) is 0. The summed E-state index contributed by atoms with van der Waals surface area (Å²) >= 11 is 0. The van der Waals surface area contributed by atoms with Gasteiger partial charge in [-0.2, -0.15) is 0 Å². The lowest BCUT2D eigenvalue weighted by Gasteiger charge is -2.11. The van der Waals surface area contributed by atoms with Crippen LogP contribution in [0.15, 0.2) is 0 Å². The number of hydrogen-bond donors (Lipinski definition) is 0. The Labute approximate surface area is 136 Å². The van der Waals surface area contributed by atoms with Crippen molar-refractivity contribution in [2.24, 2.45) is 0 Å². The highest BCUT2D eigenvalue weighted by Crippen LogP contribution is 2.25. The first-order chi connectivity index (χ1) is 11.4. The maximum atomic E-state index is 13.9. The molecule has 0 aliphatic carbocycles. The first-order valence-corrected chi connectivity index (χ1v) is 7.56. The number of esters is 2. The van der Waals surface area contributed by atoms with Crippen LogP contribution < -0.4 is 0 Å². The Bertz CT molecular complexity index is 535. The van der Waals surface area contributed by atoms with E-state index >= 15 is 0 Å². The summed E-state index contributed by atoms with van der Waals surface area (Å²) in [5, 5.41) is 0. The zero-order valence-corrected chi connectivity index (χ0v) is 13.4. The van der Waals surface area contributed by atoms with E-state index in [1.54, 1.807) is 13.8 Å². The van der Waals surface area contributed by atoms with Gasteiger partial charge in [0.05, 0.1) is 13.2 Å². The molecule has 0 heterocycles. The van der Waals surface area contributed by atoms with Crippen molar-refractivity contribution in [2.45, 2.75) is 39.5 Å². The van der Waals surface area contributed by atoms with Gasteiger partial charge in [0.25, 0.3) is 0 Å². The topological polar surface area (TPSA) is 52.6 Å². The Morgan fingerprint density at radius 2 is 1.00 bits per heavy atom. The summed E-state index contributed by atoms with van der Waals surface area (Å²) in [6.45, 7) is 3.26. The minimum absolute atomic E-state index is 0.155. The quantitative estimate of drug-likeness (QED) is 0.306. The summed E-state index contributed by atoms with van der Waals surface area (Å²) in [6.07, 6.45) is 2.12. The van der Waals surface area contributed by atoms with Crippen LogP contribution in [-0.2, 0) is 9.47 Å². The highest BCUT2D eigenvalue weighted by atomic mass is 19.2. The minimum Gasteiger partial charge on any atom is -0.462 e. The van der Waals surface area contributed by atoms with Crippen LogP contribution in [0, 0.1) is 23.3 Å². The van der Waals surface area contributed by atoms with Gasteiger partial charge in [0.2, 0.25) is 0 Å². The molecule has 8 heteroatoms. The van der Waals surface area contributed by atoms with Gasteiger partial charge in [0.15, 0.2) is 23.3 Å². The van der Waals surface area contributed by atoms with E-state index in [0.29, 0.717) is 25.7 Å². The van der Waals surface area contributed by atoms with Gasteiger partial charge in [0.1, 0.15) is 11.1 Å². The molecule has 0 aliphatic rings. The molecule has 1 aromatic carbocycles. The molecule has 0 saturated carbocycles. The van der Waals surface area contributed by atoms with Crippen molar-refractivity contribution in [3.63, 3.8) is 0 Å². The van der Waals surface area contributed by atoms with Crippen molar-refractivity contribution in [3.05, 3.63) is 34.4 Å². The van der Waals surface area contributed by atoms with Gasteiger partial charge < -0.3 is 9.47 Å². The third-order valence-electron chi connectivity index (χ3n) is 3.13. The molecule has 1 rings (SSSR count). The highest BCUT2D eigenvalue weighted by molar-refractivity contribution is 5.94. The number of carbonyl (C=O) groups is 2. The monoisotopic (exact) mass is 350 g/mol. The van der Waals surface area contributed by atoms with Gasteiger partial charge in [-0.1, -0.05) is 26.7 Å². The molecular weight excluding hydrogens is 332 g/mol. The number of carbonyl (C=O) groups excluding carboxylic acids is 2. The second-order valence-electron chi connectivity index (χ2n) is 4.98. The zero-order valence-electron chi connectivity index (χ0n) is 13.4. The summed E-state index contributed by atoms with van der Waals surface area (Å²) in [4.78, 5) is 23.2. The predicted octanol–water partition coefficient (Wildman–Crippen LogP) is 4.16. The molecule has 0 N–H and O–H groups in total. The van der Waals surface area contributed by atoms with Gasteiger partial charge in [-0.25, -0.2) is 27.2 Å². The molecule has 0 aliphatic heterocycles. The molecule has 1 aromatic rings. The Morgan fingerprint density at radius 3 is 1.25 bits per heavy atom. The smallest absolute Gasteiger partial charge is 0.344 e. The largest absolute Gasteiger partial charge is 0.462 e. The molecule has 0 fully saturated rings. The van der Waals surface area contributed by atoms with Crippen LogP contribution in [0.3, 0.4) is 0 Å². The Kier molecular flexibility index (Phi) is 7.67. The lowest BCUT2D eigenvalue weighted by molar-refractivity contribution is 0.0461. The first kappa shape index (κ1) is 19.9. The van der Waals surface area contributed by atoms with E-state index in [4.69, 9.17) is 0 Å². The average molecular weight is 350 g/mol. The van der Waals surface area contributed by atoms with Crippen molar-refractivity contribution >= 4 is 11.9 Å². The first-order valence-electron chi connectivity index (χ1n) is 7.56. The maximum absolute atomic E-state index is 13.9. The SMILES string of the molecule is CCCCOC(=O)c1c(F)c(F)c(C(=O)OCCCC)c(F)c1F. The van der Waals surface area contributed by atoms with Crippen molar-refractivity contribution in [1.82, 2.24) is 0 Å². The van der Waals surface area contributed by atoms with Crippen LogP contribution in [0.4, 0.5) is 17.6 Å². The minimum atomic E-state index is -1.99. The molecular formula is C16H18F4O4. The molecule has 0 bridgehead atoms. The number of unbranched alkanes of at least 4 members (excludes halogenated alkanes) is 2. The molecule has 0 radical (unpaired) electrons. The van der Waals surface area contributed by atoms with Crippen molar-refractivity contribution in [3.8, 4) is 0 Å². The summed E-state index contributed by atoms with van der Waals surface area (Å²) in [5.41, 5.74) is -3.02. The highest BCUT2D eigenvalue weighted by Gasteiger charge is 2.33. The standard InChI is InChI=1S/C16H18F4O4/c1-3-5-7-23-15(21)9-11(17)13(19)10(14(20)12(9)18)16(22)24-8-6-4-2/h3-8H2,1-2H3. The molecule has 0 spiro atoms. The Morgan fingerprint density at radius 1 is 0.708 bits per heavy atom. The number of rotatable bonds is 8. The van der Waals surface area contributed by atoms with E-state index in [9.17, 15) is 27.2 Å². The maximum Gasteiger partial charge on any atom is 0.344 e. The fraction of sp³-hybridized carbons (Fsp3) is 0.500. The summed E-state index contributed by atoms with van der Waals surface area (Å²) < 4.78 is 64.8. The molecule has 24 heavy (non-hydrogen) atoms. The van der Waals surface area contributed by atoms with Crippen LogP contribution in [-0.4, -0.2) is 25.2 Å². The molecule has 0 aromatic heterocycles. The van der Waals surface area contributed by atoms with E-state index in [-0.39, 0.29) is 13.2 Å². The lowest BCUT2D eigenvalue weighted by Crippen LogP contribution is -2.19. The molecule has 0 amide bonds. The van der Waals surface area contributed by atoms with Gasteiger partial charge >= 0.3 is 11.9 Å². The van der Waals surface area contributed by atoms with Gasteiger partial charge in [-0.3, -0.25) is 0 Å². The van der Waals surface area contributed by atoms with Crippen LogP contribution in [0.1, 0.15) is 60.2 Å². The van der Waals surface area contributed by atoms with Crippen LogP contribution >= 0.6 is 0 Å². The normalized spacial score (nSPS) is 10.6. The van der Waals surface area contributed by atoms with E-state index in [1.807, 2.05) is 0 Å². The summed E-state index contributed by atoms with van der Waals surface area (Å²) in [5.74, 6) is -11.0. The molecule has 134 valence electrons. The fourth-order valence-corrected chi connectivity index (χ4v) is 1.75. The van der Waals surface area contributed by atoms with Crippen LogP contribution in [0.2, 0.25) is 0 Å². The molecule has 0 saturated heterocycles. The third kappa shape index (κ3) is 4.46.